The topological polar surface area (TPSA) is 3.24 Å². The number of rotatable bonds is 14. The third-order valence-electron chi connectivity index (χ3n) is 8.59. The van der Waals surface area contributed by atoms with E-state index < -0.39 is 18.4 Å². The van der Waals surface area contributed by atoms with Crippen molar-refractivity contribution in [3.05, 3.63) is 109 Å². The van der Waals surface area contributed by atoms with Crippen molar-refractivity contribution in [2.24, 2.45) is 0 Å². The van der Waals surface area contributed by atoms with Gasteiger partial charge in [0.15, 0.2) is 0 Å². The van der Waals surface area contributed by atoms with Gasteiger partial charge in [-0.25, -0.2) is 0 Å². The Hall–Kier alpha value is -2.56. The Morgan fingerprint density at radius 1 is 0.537 bits per heavy atom. The summed E-state index contributed by atoms with van der Waals surface area (Å²) in [5, 5.41) is 2.64. The minimum atomic E-state index is -2.46. The van der Waals surface area contributed by atoms with Gasteiger partial charge >= 0.3 is 258 Å². The summed E-state index contributed by atoms with van der Waals surface area (Å²) in [5.74, 6) is 0. The van der Waals surface area contributed by atoms with Crippen molar-refractivity contribution >= 4 is 60.4 Å². The number of para-hydroxylation sites is 2. The summed E-state index contributed by atoms with van der Waals surface area (Å²) in [6.07, 6.45) is 8.18. The molecule has 0 N–H and O–H groups in total. The third-order valence-corrected chi connectivity index (χ3v) is 28.0. The summed E-state index contributed by atoms with van der Waals surface area (Å²) in [5.41, 5.74) is 4.96. The number of unbranched alkanes of at least 4 members (excludes halogenated alkanes) is 3. The predicted molar refractivity (Wildman–Crippen MR) is 186 cm³/mol. The van der Waals surface area contributed by atoms with Crippen LogP contribution in [0.2, 0.25) is 13.3 Å². The second kappa shape index (κ2) is 14.6. The molecule has 212 valence electrons. The summed E-state index contributed by atoms with van der Waals surface area (Å²) in [4.78, 5) is 3.84. The SMILES string of the molecule is CCC[CH2][Sn]([CH2]CCC)([CH2]CCC)[c]1ccc(-c2ccc(N(c3ccccc3)c3ccccc3)c3ccccc23)s1. The van der Waals surface area contributed by atoms with Gasteiger partial charge in [-0.1, -0.05) is 0 Å². The van der Waals surface area contributed by atoms with Gasteiger partial charge in [0.1, 0.15) is 0 Å². The van der Waals surface area contributed by atoms with Crippen LogP contribution in [0.1, 0.15) is 59.3 Å². The van der Waals surface area contributed by atoms with Crippen molar-refractivity contribution in [1.29, 1.82) is 0 Å². The fourth-order valence-electron chi connectivity index (χ4n) is 6.33. The van der Waals surface area contributed by atoms with Gasteiger partial charge in [0.25, 0.3) is 0 Å². The van der Waals surface area contributed by atoms with Crippen LogP contribution >= 0.6 is 11.3 Å². The second-order valence-electron chi connectivity index (χ2n) is 11.4. The van der Waals surface area contributed by atoms with Crippen LogP contribution in [0.25, 0.3) is 21.2 Å². The van der Waals surface area contributed by atoms with Crippen molar-refractivity contribution in [3.63, 3.8) is 0 Å². The first-order valence-corrected chi connectivity index (χ1v) is 24.0. The van der Waals surface area contributed by atoms with Gasteiger partial charge in [-0.05, 0) is 0 Å². The molecule has 0 saturated heterocycles. The minimum absolute atomic E-state index is 1.18. The van der Waals surface area contributed by atoms with E-state index in [2.05, 4.69) is 146 Å². The van der Waals surface area contributed by atoms with Crippen molar-refractivity contribution < 1.29 is 0 Å². The zero-order valence-corrected chi connectivity index (χ0v) is 28.8. The van der Waals surface area contributed by atoms with Crippen LogP contribution in [0.15, 0.2) is 109 Å². The quantitative estimate of drug-likeness (QED) is 0.107. The molecule has 1 heterocycles. The number of benzene rings is 4. The van der Waals surface area contributed by atoms with Crippen LogP contribution in [-0.2, 0) is 0 Å². The summed E-state index contributed by atoms with van der Waals surface area (Å²) in [7, 11) is 0. The van der Waals surface area contributed by atoms with E-state index >= 15 is 0 Å². The summed E-state index contributed by atoms with van der Waals surface area (Å²) < 4.78 is 6.38. The molecule has 3 heteroatoms. The molecule has 1 aromatic heterocycles. The first kappa shape index (κ1) is 29.9. The van der Waals surface area contributed by atoms with Gasteiger partial charge in [-0.2, -0.15) is 0 Å². The van der Waals surface area contributed by atoms with Gasteiger partial charge in [-0.3, -0.25) is 0 Å². The van der Waals surface area contributed by atoms with Crippen LogP contribution < -0.4 is 7.79 Å². The summed E-state index contributed by atoms with van der Waals surface area (Å²) in [6, 6.07) is 40.3. The van der Waals surface area contributed by atoms with E-state index in [9.17, 15) is 0 Å². The Balaban J connectivity index is 1.61. The van der Waals surface area contributed by atoms with E-state index in [1.54, 1.807) is 0 Å². The molecule has 1 nitrogen and oxygen atoms in total. The number of fused-ring (bicyclic) bond motifs is 1. The van der Waals surface area contributed by atoms with Crippen LogP contribution in [0.3, 0.4) is 0 Å². The Kier molecular flexibility index (Phi) is 10.6. The summed E-state index contributed by atoms with van der Waals surface area (Å²) >= 11 is -0.316. The van der Waals surface area contributed by atoms with Crippen LogP contribution in [0.5, 0.6) is 0 Å². The standard InChI is InChI=1S/C26H18NS.3C4H9.Sn/c1-3-10-20(11-4-1)27(21-12-5-2-6-13-21)25-18-17-24(26-16-9-19-28-26)22-14-7-8-15-23(22)25;3*1-3-4-2;/h1-18H;3*1,3-4H2,2H3;. The van der Waals surface area contributed by atoms with Crippen LogP contribution in [0.4, 0.5) is 17.1 Å². The zero-order valence-electron chi connectivity index (χ0n) is 25.1. The van der Waals surface area contributed by atoms with E-state index in [-0.39, 0.29) is 0 Å². The molecule has 0 fully saturated rings. The van der Waals surface area contributed by atoms with E-state index in [0.717, 1.165) is 0 Å². The molecule has 0 bridgehead atoms. The molecule has 0 aliphatic carbocycles. The van der Waals surface area contributed by atoms with Crippen molar-refractivity contribution in [2.75, 3.05) is 4.90 Å². The first-order valence-electron chi connectivity index (χ1n) is 15.7. The maximum atomic E-state index is 2.57. The zero-order chi connectivity index (χ0) is 28.5. The molecular formula is C38H45NSSn. The Bertz CT molecular complexity index is 1450. The molecule has 0 unspecified atom stereocenters. The molecule has 0 radical (unpaired) electrons. The molecule has 0 atom stereocenters. The van der Waals surface area contributed by atoms with Gasteiger partial charge < -0.3 is 0 Å². The molecule has 4 aromatic carbocycles. The fourth-order valence-corrected chi connectivity index (χ4v) is 26.5. The van der Waals surface area contributed by atoms with E-state index in [4.69, 9.17) is 0 Å². The molecule has 41 heavy (non-hydrogen) atoms. The van der Waals surface area contributed by atoms with Crippen molar-refractivity contribution in [1.82, 2.24) is 0 Å². The Labute approximate surface area is 256 Å². The molecule has 5 aromatic rings. The predicted octanol–water partition coefficient (Wildman–Crippen LogP) is 12.1. The monoisotopic (exact) mass is 667 g/mol. The average Bonchev–Trinajstić information content (AvgIpc) is 3.53. The molecule has 0 saturated carbocycles. The third kappa shape index (κ3) is 6.75. The van der Waals surface area contributed by atoms with Crippen LogP contribution in [0, 0.1) is 0 Å². The number of hydrogen-bond acceptors (Lipinski definition) is 2. The average molecular weight is 667 g/mol. The van der Waals surface area contributed by atoms with E-state index in [0.29, 0.717) is 0 Å². The van der Waals surface area contributed by atoms with Crippen molar-refractivity contribution in [3.8, 4) is 10.4 Å². The molecule has 0 aliphatic heterocycles. The first-order chi connectivity index (χ1) is 20.2. The van der Waals surface area contributed by atoms with Gasteiger partial charge in [-0.15, -0.1) is 0 Å². The number of thiophene rings is 1. The van der Waals surface area contributed by atoms with Gasteiger partial charge in [0.2, 0.25) is 0 Å². The second-order valence-corrected chi connectivity index (χ2v) is 26.7. The number of nitrogens with zero attached hydrogens (tertiary/aromatic N) is 1. The molecular weight excluding hydrogens is 621 g/mol. The number of anilines is 3. The molecule has 0 spiro atoms. The van der Waals surface area contributed by atoms with Crippen molar-refractivity contribution in [2.45, 2.75) is 72.6 Å². The van der Waals surface area contributed by atoms with Crippen LogP contribution in [-0.4, -0.2) is 18.4 Å². The molecule has 0 aliphatic rings. The maximum absolute atomic E-state index is 2.57. The Morgan fingerprint density at radius 3 is 1.59 bits per heavy atom. The fraction of sp³-hybridized carbons (Fsp3) is 0.316. The van der Waals surface area contributed by atoms with Gasteiger partial charge in [0, 0.05) is 0 Å². The Morgan fingerprint density at radius 2 is 1.05 bits per heavy atom. The van der Waals surface area contributed by atoms with E-state index in [1.165, 1.54) is 90.1 Å². The molecule has 0 amide bonds. The number of hydrogen-bond donors (Lipinski definition) is 0. The normalized spacial score (nSPS) is 11.7. The summed E-state index contributed by atoms with van der Waals surface area (Å²) in [6.45, 7) is 7.12. The van der Waals surface area contributed by atoms with E-state index in [1.807, 2.05) is 2.89 Å². The van der Waals surface area contributed by atoms with Gasteiger partial charge in [0.05, 0.1) is 0 Å². The molecule has 5 rings (SSSR count).